The van der Waals surface area contributed by atoms with Crippen LogP contribution in [0, 0.1) is 10.1 Å². The van der Waals surface area contributed by atoms with Crippen molar-refractivity contribution in [3.63, 3.8) is 0 Å². The Balaban J connectivity index is 1.77. The van der Waals surface area contributed by atoms with E-state index in [1.165, 1.54) is 18.2 Å². The van der Waals surface area contributed by atoms with Gasteiger partial charge >= 0.3 is 0 Å². The van der Waals surface area contributed by atoms with Gasteiger partial charge in [-0.3, -0.25) is 19.7 Å². The van der Waals surface area contributed by atoms with Gasteiger partial charge in [-0.05, 0) is 31.0 Å². The Morgan fingerprint density at radius 1 is 1.27 bits per heavy atom. The molecule has 0 saturated heterocycles. The second-order valence-electron chi connectivity index (χ2n) is 6.41. The average Bonchev–Trinajstić information content (AvgIpc) is 2.94. The molecule has 1 aliphatic heterocycles. The van der Waals surface area contributed by atoms with Gasteiger partial charge in [0.1, 0.15) is 5.56 Å². The number of non-ortho nitro benzene ring substituents is 1. The molecule has 1 aromatic heterocycles. The number of hydrogen-bond donors (Lipinski definition) is 1. The van der Waals surface area contributed by atoms with Crippen LogP contribution in [0.15, 0.2) is 53.5 Å². The van der Waals surface area contributed by atoms with Gasteiger partial charge in [0.15, 0.2) is 0 Å². The van der Waals surface area contributed by atoms with Gasteiger partial charge in [-0.1, -0.05) is 18.2 Å². The molecule has 0 radical (unpaired) electrons. The monoisotopic (exact) mass is 349 g/mol. The van der Waals surface area contributed by atoms with E-state index in [2.05, 4.69) is 5.32 Å². The van der Waals surface area contributed by atoms with Gasteiger partial charge in [-0.25, -0.2) is 0 Å². The molecule has 0 aliphatic carbocycles. The van der Waals surface area contributed by atoms with Crippen LogP contribution >= 0.6 is 0 Å². The molecule has 1 N–H and O–H groups in total. The second kappa shape index (κ2) is 5.80. The number of nitro groups is 1. The van der Waals surface area contributed by atoms with Gasteiger partial charge < -0.3 is 9.88 Å². The number of aromatic nitrogens is 1. The first-order valence-electron chi connectivity index (χ1n) is 8.18. The zero-order valence-electron chi connectivity index (χ0n) is 13.9. The molecule has 0 spiro atoms. The van der Waals surface area contributed by atoms with E-state index < -0.39 is 10.8 Å². The summed E-state index contributed by atoms with van der Waals surface area (Å²) in [7, 11) is 0. The summed E-state index contributed by atoms with van der Waals surface area (Å²) in [5.41, 5.74) is 1.79. The van der Waals surface area contributed by atoms with Crippen LogP contribution in [0.4, 0.5) is 11.4 Å². The van der Waals surface area contributed by atoms with E-state index in [0.29, 0.717) is 5.39 Å². The summed E-state index contributed by atoms with van der Waals surface area (Å²) >= 11 is 0. The fourth-order valence-electron chi connectivity index (χ4n) is 3.47. The molecule has 7 heteroatoms. The molecule has 130 valence electrons. The minimum atomic E-state index is -0.578. The van der Waals surface area contributed by atoms with Crippen LogP contribution in [0.25, 0.3) is 10.9 Å². The van der Waals surface area contributed by atoms with Crippen molar-refractivity contribution >= 4 is 28.2 Å². The molecule has 2 heterocycles. The van der Waals surface area contributed by atoms with Crippen molar-refractivity contribution in [1.29, 1.82) is 0 Å². The van der Waals surface area contributed by atoms with Crippen LogP contribution in [0.2, 0.25) is 0 Å². The Kier molecular flexibility index (Phi) is 3.57. The maximum atomic E-state index is 12.8. The predicted molar refractivity (Wildman–Crippen MR) is 97.7 cm³/mol. The van der Waals surface area contributed by atoms with Crippen LogP contribution in [0.1, 0.15) is 28.9 Å². The summed E-state index contributed by atoms with van der Waals surface area (Å²) in [6.45, 7) is 2.03. The molecular formula is C19H15N3O4. The largest absolute Gasteiger partial charge is 0.343 e. The molecule has 1 amide bonds. The van der Waals surface area contributed by atoms with E-state index >= 15 is 0 Å². The number of nitrogens with zero attached hydrogens (tertiary/aromatic N) is 2. The Morgan fingerprint density at radius 2 is 2.04 bits per heavy atom. The number of pyridine rings is 1. The number of amides is 1. The van der Waals surface area contributed by atoms with E-state index in [9.17, 15) is 19.7 Å². The lowest BCUT2D eigenvalue weighted by Gasteiger charge is -2.12. The van der Waals surface area contributed by atoms with Crippen molar-refractivity contribution in [1.82, 2.24) is 4.57 Å². The first-order valence-corrected chi connectivity index (χ1v) is 8.18. The summed E-state index contributed by atoms with van der Waals surface area (Å²) in [6, 6.07) is 11.3. The minimum absolute atomic E-state index is 0.0231. The molecule has 1 atom stereocenters. The lowest BCUT2D eigenvalue weighted by molar-refractivity contribution is -0.384. The van der Waals surface area contributed by atoms with Crippen LogP contribution < -0.4 is 10.7 Å². The van der Waals surface area contributed by atoms with Gasteiger partial charge in [0.2, 0.25) is 5.43 Å². The van der Waals surface area contributed by atoms with Crippen LogP contribution in [-0.2, 0) is 6.42 Å². The topological polar surface area (TPSA) is 94.2 Å². The SMILES string of the molecule is C[C@@H]1Cc2cccc3c(=O)c(C(=O)Nc4cccc([N+](=O)[O-])c4)cn1c23. The smallest absolute Gasteiger partial charge is 0.271 e. The Morgan fingerprint density at radius 3 is 2.81 bits per heavy atom. The number of nitro benzene ring substituents is 1. The van der Waals surface area contributed by atoms with Gasteiger partial charge in [-0.15, -0.1) is 0 Å². The highest BCUT2D eigenvalue weighted by Gasteiger charge is 2.24. The molecule has 7 nitrogen and oxygen atoms in total. The van der Waals surface area contributed by atoms with Crippen molar-refractivity contribution in [3.05, 3.63) is 80.1 Å². The number of benzene rings is 2. The zero-order valence-corrected chi connectivity index (χ0v) is 13.9. The molecule has 0 saturated carbocycles. The highest BCUT2D eigenvalue weighted by atomic mass is 16.6. The Bertz CT molecular complexity index is 1130. The van der Waals surface area contributed by atoms with E-state index in [-0.39, 0.29) is 28.4 Å². The molecule has 2 aromatic carbocycles. The molecular weight excluding hydrogens is 334 g/mol. The third-order valence-electron chi connectivity index (χ3n) is 4.68. The first-order chi connectivity index (χ1) is 12.5. The number of carbonyl (C=O) groups is 1. The van der Waals surface area contributed by atoms with Gasteiger partial charge in [0.05, 0.1) is 10.4 Å². The normalized spacial score (nSPS) is 15.2. The van der Waals surface area contributed by atoms with E-state index in [4.69, 9.17) is 0 Å². The molecule has 0 fully saturated rings. The lowest BCUT2D eigenvalue weighted by Crippen LogP contribution is -2.23. The standard InChI is InChI=1S/C19H15N3O4/c1-11-8-12-4-2-7-15-17(12)21(11)10-16(18(15)23)19(24)20-13-5-3-6-14(9-13)22(25)26/h2-7,9-11H,8H2,1H3,(H,20,24)/t11-/m1/s1. The second-order valence-corrected chi connectivity index (χ2v) is 6.41. The lowest BCUT2D eigenvalue weighted by atomic mass is 10.1. The third kappa shape index (κ3) is 2.45. The highest BCUT2D eigenvalue weighted by Crippen LogP contribution is 2.31. The van der Waals surface area contributed by atoms with E-state index in [1.807, 2.05) is 23.6 Å². The summed E-state index contributed by atoms with van der Waals surface area (Å²) in [6.07, 6.45) is 2.39. The van der Waals surface area contributed by atoms with Crippen molar-refractivity contribution in [2.24, 2.45) is 0 Å². The van der Waals surface area contributed by atoms with Crippen molar-refractivity contribution in [2.45, 2.75) is 19.4 Å². The molecule has 0 bridgehead atoms. The summed E-state index contributed by atoms with van der Waals surface area (Å²) in [4.78, 5) is 35.8. The number of anilines is 1. The van der Waals surface area contributed by atoms with Gasteiger partial charge in [-0.2, -0.15) is 0 Å². The fraction of sp³-hybridized carbons (Fsp3) is 0.158. The molecule has 1 aliphatic rings. The van der Waals surface area contributed by atoms with Crippen molar-refractivity contribution < 1.29 is 9.72 Å². The fourth-order valence-corrected chi connectivity index (χ4v) is 3.47. The summed E-state index contributed by atoms with van der Waals surface area (Å²) < 4.78 is 1.95. The Hall–Kier alpha value is -3.48. The van der Waals surface area contributed by atoms with Crippen LogP contribution in [0.3, 0.4) is 0 Å². The number of para-hydroxylation sites is 1. The minimum Gasteiger partial charge on any atom is -0.343 e. The third-order valence-corrected chi connectivity index (χ3v) is 4.68. The van der Waals surface area contributed by atoms with E-state index in [0.717, 1.165) is 17.5 Å². The van der Waals surface area contributed by atoms with Crippen molar-refractivity contribution in [3.8, 4) is 0 Å². The number of nitrogens with one attached hydrogen (secondary N) is 1. The summed E-state index contributed by atoms with van der Waals surface area (Å²) in [5.74, 6) is -0.578. The first kappa shape index (κ1) is 16.0. The van der Waals surface area contributed by atoms with Crippen molar-refractivity contribution in [2.75, 3.05) is 5.32 Å². The van der Waals surface area contributed by atoms with Gasteiger partial charge in [0.25, 0.3) is 11.6 Å². The van der Waals surface area contributed by atoms with Crippen LogP contribution in [-0.4, -0.2) is 15.4 Å². The number of rotatable bonds is 3. The molecule has 0 unspecified atom stereocenters. The molecule has 4 rings (SSSR count). The van der Waals surface area contributed by atoms with Gasteiger partial charge in [0, 0.05) is 35.4 Å². The zero-order chi connectivity index (χ0) is 18.4. The average molecular weight is 349 g/mol. The quantitative estimate of drug-likeness (QED) is 0.580. The predicted octanol–water partition coefficient (Wildman–Crippen LogP) is 3.28. The van der Waals surface area contributed by atoms with Crippen LogP contribution in [0.5, 0.6) is 0 Å². The molecule has 26 heavy (non-hydrogen) atoms. The highest BCUT2D eigenvalue weighted by molar-refractivity contribution is 6.06. The Labute approximate surface area is 148 Å². The van der Waals surface area contributed by atoms with E-state index in [1.54, 1.807) is 18.3 Å². The summed E-state index contributed by atoms with van der Waals surface area (Å²) in [5, 5.41) is 14.0. The number of carbonyl (C=O) groups excluding carboxylic acids is 1. The molecule has 3 aromatic rings. The maximum Gasteiger partial charge on any atom is 0.271 e. The number of hydrogen-bond acceptors (Lipinski definition) is 4. The maximum absolute atomic E-state index is 12.8.